The Morgan fingerprint density at radius 3 is 2.22 bits per heavy atom. The zero-order valence-electron chi connectivity index (χ0n) is 20.9. The fourth-order valence-corrected chi connectivity index (χ4v) is 4.78. The van der Waals surface area contributed by atoms with Crippen molar-refractivity contribution in [3.63, 3.8) is 0 Å². The molecule has 1 aromatic heterocycles. The number of carbonyl (C=O) groups is 2. The predicted molar refractivity (Wildman–Crippen MR) is 147 cm³/mol. The van der Waals surface area contributed by atoms with Gasteiger partial charge in [0.05, 0.1) is 5.56 Å². The SMILES string of the molecule is Cc1c(C)n(Cc2ccccc2-c2ccc(C(=O)O)cc2)c2ccc(C(=O)NCc3ccccc3)cc12. The van der Waals surface area contributed by atoms with Gasteiger partial charge in [0, 0.05) is 35.2 Å². The van der Waals surface area contributed by atoms with Crippen LogP contribution in [0.2, 0.25) is 0 Å². The van der Waals surface area contributed by atoms with E-state index in [2.05, 4.69) is 35.9 Å². The molecule has 184 valence electrons. The number of nitrogens with one attached hydrogen (secondary N) is 1. The number of hydrogen-bond donors (Lipinski definition) is 2. The number of benzene rings is 4. The molecular formula is C32H28N2O3. The standard InChI is InChI=1S/C32H28N2O3/c1-21-22(2)34(20-27-10-6-7-11-28(27)24-12-14-25(15-13-24)32(36)37)30-17-16-26(18-29(21)30)31(35)33-19-23-8-4-3-5-9-23/h3-18H,19-20H2,1-2H3,(H,33,35)(H,36,37). The highest BCUT2D eigenvalue weighted by Crippen LogP contribution is 2.30. The van der Waals surface area contributed by atoms with E-state index < -0.39 is 5.97 Å². The Kier molecular flexibility index (Phi) is 6.60. The fraction of sp³-hybridized carbons (Fsp3) is 0.125. The number of aromatic carboxylic acids is 1. The number of aryl methyl sites for hydroxylation is 1. The Hall–Kier alpha value is -4.64. The van der Waals surface area contributed by atoms with Crippen LogP contribution in [0.3, 0.4) is 0 Å². The van der Waals surface area contributed by atoms with Crippen molar-refractivity contribution in [3.05, 3.63) is 131 Å². The van der Waals surface area contributed by atoms with Crippen molar-refractivity contribution in [2.45, 2.75) is 26.9 Å². The third-order valence-electron chi connectivity index (χ3n) is 6.99. The van der Waals surface area contributed by atoms with Crippen LogP contribution in [-0.2, 0) is 13.1 Å². The maximum atomic E-state index is 12.9. The molecular weight excluding hydrogens is 460 g/mol. The zero-order valence-corrected chi connectivity index (χ0v) is 20.9. The van der Waals surface area contributed by atoms with Crippen LogP contribution in [0, 0.1) is 13.8 Å². The van der Waals surface area contributed by atoms with E-state index in [0.717, 1.165) is 44.4 Å². The number of nitrogens with zero attached hydrogens (tertiary/aromatic N) is 1. The molecule has 0 bridgehead atoms. The number of carboxylic acid groups (broad SMARTS) is 1. The number of carbonyl (C=O) groups excluding carboxylic acids is 1. The summed E-state index contributed by atoms with van der Waals surface area (Å²) in [4.78, 5) is 24.1. The molecule has 2 N–H and O–H groups in total. The van der Waals surface area contributed by atoms with Gasteiger partial charge in [-0.25, -0.2) is 4.79 Å². The first-order valence-electron chi connectivity index (χ1n) is 12.3. The van der Waals surface area contributed by atoms with Gasteiger partial charge in [0.15, 0.2) is 0 Å². The van der Waals surface area contributed by atoms with Gasteiger partial charge in [-0.1, -0.05) is 66.7 Å². The van der Waals surface area contributed by atoms with Crippen molar-refractivity contribution in [1.29, 1.82) is 0 Å². The maximum Gasteiger partial charge on any atom is 0.335 e. The van der Waals surface area contributed by atoms with E-state index in [1.807, 2.05) is 72.8 Å². The number of aromatic nitrogens is 1. The van der Waals surface area contributed by atoms with Crippen molar-refractivity contribution in [2.75, 3.05) is 0 Å². The second-order valence-electron chi connectivity index (χ2n) is 9.24. The van der Waals surface area contributed by atoms with Crippen LogP contribution in [0.1, 0.15) is 43.1 Å². The molecule has 37 heavy (non-hydrogen) atoms. The minimum Gasteiger partial charge on any atom is -0.478 e. The van der Waals surface area contributed by atoms with Gasteiger partial charge in [-0.05, 0) is 72.0 Å². The van der Waals surface area contributed by atoms with Crippen LogP contribution in [-0.4, -0.2) is 21.6 Å². The summed E-state index contributed by atoms with van der Waals surface area (Å²) in [6, 6.07) is 30.9. The lowest BCUT2D eigenvalue weighted by molar-refractivity contribution is 0.0696. The summed E-state index contributed by atoms with van der Waals surface area (Å²) in [7, 11) is 0. The number of amides is 1. The van der Waals surface area contributed by atoms with E-state index in [4.69, 9.17) is 0 Å². The third-order valence-corrected chi connectivity index (χ3v) is 6.99. The van der Waals surface area contributed by atoms with Crippen LogP contribution >= 0.6 is 0 Å². The third kappa shape index (κ3) is 4.89. The summed E-state index contributed by atoms with van der Waals surface area (Å²) in [6.45, 7) is 5.35. The highest BCUT2D eigenvalue weighted by Gasteiger charge is 2.16. The summed E-state index contributed by atoms with van der Waals surface area (Å²) in [5.41, 5.74) is 8.52. The van der Waals surface area contributed by atoms with Crippen molar-refractivity contribution < 1.29 is 14.7 Å². The molecule has 5 heteroatoms. The van der Waals surface area contributed by atoms with E-state index in [-0.39, 0.29) is 11.5 Å². The van der Waals surface area contributed by atoms with Gasteiger partial charge in [-0.15, -0.1) is 0 Å². The number of carboxylic acids is 1. The van der Waals surface area contributed by atoms with Crippen LogP contribution in [0.25, 0.3) is 22.0 Å². The first-order chi connectivity index (χ1) is 17.9. The fourth-order valence-electron chi connectivity index (χ4n) is 4.78. The molecule has 1 heterocycles. The molecule has 0 saturated heterocycles. The minimum absolute atomic E-state index is 0.0919. The molecule has 4 aromatic carbocycles. The molecule has 0 fully saturated rings. The normalized spacial score (nSPS) is 11.0. The van der Waals surface area contributed by atoms with E-state index >= 15 is 0 Å². The molecule has 0 atom stereocenters. The molecule has 1 amide bonds. The number of hydrogen-bond acceptors (Lipinski definition) is 2. The van der Waals surface area contributed by atoms with Gasteiger partial charge in [0.1, 0.15) is 0 Å². The summed E-state index contributed by atoms with van der Waals surface area (Å²) >= 11 is 0. The van der Waals surface area contributed by atoms with Gasteiger partial charge in [-0.2, -0.15) is 0 Å². The van der Waals surface area contributed by atoms with E-state index in [0.29, 0.717) is 18.7 Å². The molecule has 0 aliphatic carbocycles. The Balaban J connectivity index is 1.44. The minimum atomic E-state index is -0.933. The molecule has 0 radical (unpaired) electrons. The molecule has 0 saturated carbocycles. The molecule has 0 aliphatic rings. The van der Waals surface area contributed by atoms with Gasteiger partial charge >= 0.3 is 5.97 Å². The van der Waals surface area contributed by atoms with Gasteiger partial charge in [0.25, 0.3) is 5.91 Å². The first-order valence-corrected chi connectivity index (χ1v) is 12.3. The van der Waals surface area contributed by atoms with Gasteiger partial charge in [0.2, 0.25) is 0 Å². The summed E-state index contributed by atoms with van der Waals surface area (Å²) in [5, 5.41) is 13.3. The van der Waals surface area contributed by atoms with Crippen molar-refractivity contribution >= 4 is 22.8 Å². The van der Waals surface area contributed by atoms with E-state index in [1.54, 1.807) is 12.1 Å². The monoisotopic (exact) mass is 488 g/mol. The van der Waals surface area contributed by atoms with E-state index in [9.17, 15) is 14.7 Å². The predicted octanol–water partition coefficient (Wildman–Crippen LogP) is 6.60. The van der Waals surface area contributed by atoms with Crippen LogP contribution in [0.4, 0.5) is 0 Å². The quantitative estimate of drug-likeness (QED) is 0.271. The largest absolute Gasteiger partial charge is 0.478 e. The molecule has 0 aliphatic heterocycles. The van der Waals surface area contributed by atoms with Crippen LogP contribution in [0.5, 0.6) is 0 Å². The van der Waals surface area contributed by atoms with Crippen molar-refractivity contribution in [3.8, 4) is 11.1 Å². The maximum absolute atomic E-state index is 12.9. The van der Waals surface area contributed by atoms with Crippen LogP contribution in [0.15, 0.2) is 97.1 Å². The lowest BCUT2D eigenvalue weighted by Crippen LogP contribution is -2.22. The van der Waals surface area contributed by atoms with Crippen molar-refractivity contribution in [2.24, 2.45) is 0 Å². The molecule has 0 spiro atoms. The van der Waals surface area contributed by atoms with Gasteiger partial charge < -0.3 is 15.0 Å². The van der Waals surface area contributed by atoms with E-state index in [1.165, 1.54) is 0 Å². The molecule has 5 rings (SSSR count). The molecule has 5 nitrogen and oxygen atoms in total. The highest BCUT2D eigenvalue weighted by atomic mass is 16.4. The average molecular weight is 489 g/mol. The topological polar surface area (TPSA) is 71.3 Å². The second-order valence-corrected chi connectivity index (χ2v) is 9.24. The summed E-state index contributed by atoms with van der Waals surface area (Å²) < 4.78 is 2.28. The molecule has 5 aromatic rings. The lowest BCUT2D eigenvalue weighted by atomic mass is 9.98. The second kappa shape index (κ2) is 10.2. The summed E-state index contributed by atoms with van der Waals surface area (Å²) in [6.07, 6.45) is 0. The van der Waals surface area contributed by atoms with Gasteiger partial charge in [-0.3, -0.25) is 4.79 Å². The van der Waals surface area contributed by atoms with Crippen molar-refractivity contribution in [1.82, 2.24) is 9.88 Å². The first kappa shape index (κ1) is 24.1. The Bertz CT molecular complexity index is 1600. The Labute approximate surface area is 216 Å². The average Bonchev–Trinajstić information content (AvgIpc) is 3.17. The molecule has 0 unspecified atom stereocenters. The zero-order chi connectivity index (χ0) is 25.9. The Morgan fingerprint density at radius 1 is 0.811 bits per heavy atom. The smallest absolute Gasteiger partial charge is 0.335 e. The number of rotatable bonds is 7. The highest BCUT2D eigenvalue weighted by molar-refractivity contribution is 5.99. The lowest BCUT2D eigenvalue weighted by Gasteiger charge is -2.14. The van der Waals surface area contributed by atoms with Crippen LogP contribution < -0.4 is 5.32 Å². The summed E-state index contributed by atoms with van der Waals surface area (Å²) in [5.74, 6) is -1.02. The Morgan fingerprint density at radius 2 is 1.49 bits per heavy atom. The number of fused-ring (bicyclic) bond motifs is 1.